The Hall–Kier alpha value is -3.39. The van der Waals surface area contributed by atoms with Gasteiger partial charge in [-0.05, 0) is 81.1 Å². The van der Waals surface area contributed by atoms with Gasteiger partial charge in [0.25, 0.3) is 0 Å². The van der Waals surface area contributed by atoms with Crippen LogP contribution in [0.15, 0.2) is 48.7 Å². The molecule has 0 atom stereocenters. The molecule has 0 spiro atoms. The van der Waals surface area contributed by atoms with Gasteiger partial charge in [0.15, 0.2) is 0 Å². The number of fused-ring (bicyclic) bond motifs is 1. The van der Waals surface area contributed by atoms with Crippen LogP contribution in [0.5, 0.6) is 5.75 Å². The molecule has 1 aromatic heterocycles. The first-order valence-corrected chi connectivity index (χ1v) is 12.0. The van der Waals surface area contributed by atoms with E-state index in [2.05, 4.69) is 9.88 Å². The van der Waals surface area contributed by atoms with Crippen molar-refractivity contribution >= 4 is 22.9 Å². The predicted octanol–water partition coefficient (Wildman–Crippen LogP) is 5.86. The molecule has 5 nitrogen and oxygen atoms in total. The Labute approximate surface area is 208 Å². The van der Waals surface area contributed by atoms with Crippen molar-refractivity contribution in [3.63, 3.8) is 0 Å². The fourth-order valence-electron chi connectivity index (χ4n) is 4.91. The summed E-state index contributed by atoms with van der Waals surface area (Å²) in [5, 5.41) is 10.7. The Morgan fingerprint density at radius 1 is 1.14 bits per heavy atom. The lowest BCUT2D eigenvalue weighted by Crippen LogP contribution is -2.44. The molecule has 3 aromatic rings. The van der Waals surface area contributed by atoms with Gasteiger partial charge in [0.05, 0.1) is 24.2 Å². The number of piperidine rings is 1. The van der Waals surface area contributed by atoms with E-state index in [4.69, 9.17) is 4.74 Å². The molecular weight excluding hydrogens is 469 g/mol. The molecule has 0 unspecified atom stereocenters. The highest BCUT2D eigenvalue weighted by molar-refractivity contribution is 5.83. The first-order valence-electron chi connectivity index (χ1n) is 12.0. The number of rotatable bonds is 9. The summed E-state index contributed by atoms with van der Waals surface area (Å²) < 4.78 is 47.5. The maximum absolute atomic E-state index is 14.6. The minimum atomic E-state index is -0.880. The first kappa shape index (κ1) is 25.7. The maximum atomic E-state index is 14.6. The Morgan fingerprint density at radius 3 is 2.53 bits per heavy atom. The van der Waals surface area contributed by atoms with E-state index in [1.807, 2.05) is 0 Å². The molecule has 2 aromatic carbocycles. The van der Waals surface area contributed by atoms with Crippen LogP contribution in [0, 0.1) is 22.9 Å². The first-order chi connectivity index (χ1) is 17.3. The number of pyridine rings is 1. The van der Waals surface area contributed by atoms with Crippen molar-refractivity contribution < 1.29 is 27.8 Å². The van der Waals surface area contributed by atoms with Crippen LogP contribution in [0.25, 0.3) is 17.0 Å². The fraction of sp³-hybridized carbons (Fsp3) is 0.357. The third-order valence-electron chi connectivity index (χ3n) is 7.13. The highest BCUT2D eigenvalue weighted by Crippen LogP contribution is 2.37. The molecule has 0 saturated carbocycles. The van der Waals surface area contributed by atoms with Gasteiger partial charge in [0.2, 0.25) is 0 Å². The number of carboxylic acids is 1. The zero-order valence-corrected chi connectivity index (χ0v) is 20.1. The Bertz CT molecular complexity index is 1250. The molecular formula is C28H29F3N2O3. The number of aryl methyl sites for hydroxylation is 1. The number of halogens is 3. The van der Waals surface area contributed by atoms with Gasteiger partial charge in [-0.25, -0.2) is 13.2 Å². The van der Waals surface area contributed by atoms with E-state index in [0.29, 0.717) is 74.0 Å². The molecule has 1 aliphatic rings. The molecule has 8 heteroatoms. The lowest BCUT2D eigenvalue weighted by molar-refractivity contribution is -0.152. The lowest BCUT2D eigenvalue weighted by atomic mass is 9.74. The molecule has 0 bridgehead atoms. The smallest absolute Gasteiger partial charge is 0.309 e. The second kappa shape index (κ2) is 11.1. The molecule has 1 fully saturated rings. The second-order valence-electron chi connectivity index (χ2n) is 9.25. The number of hydrogen-bond donors (Lipinski definition) is 1. The zero-order chi connectivity index (χ0) is 25.7. The second-order valence-corrected chi connectivity index (χ2v) is 9.25. The summed E-state index contributed by atoms with van der Waals surface area (Å²) >= 11 is 0. The van der Waals surface area contributed by atoms with Crippen molar-refractivity contribution in [1.29, 1.82) is 0 Å². The van der Waals surface area contributed by atoms with Crippen molar-refractivity contribution in [3.8, 4) is 5.75 Å². The van der Waals surface area contributed by atoms with Gasteiger partial charge < -0.3 is 9.84 Å². The van der Waals surface area contributed by atoms with Crippen molar-refractivity contribution in [2.45, 2.75) is 32.1 Å². The Morgan fingerprint density at radius 2 is 1.86 bits per heavy atom. The third kappa shape index (κ3) is 5.54. The van der Waals surface area contributed by atoms with Crippen molar-refractivity contribution in [3.05, 3.63) is 77.2 Å². The summed E-state index contributed by atoms with van der Waals surface area (Å²) in [6.07, 6.45) is 6.58. The number of carboxylic acid groups (broad SMARTS) is 1. The van der Waals surface area contributed by atoms with Gasteiger partial charge in [0.1, 0.15) is 23.2 Å². The van der Waals surface area contributed by atoms with Crippen molar-refractivity contribution in [1.82, 2.24) is 9.88 Å². The molecule has 36 heavy (non-hydrogen) atoms. The van der Waals surface area contributed by atoms with Gasteiger partial charge in [-0.3, -0.25) is 14.7 Å². The van der Waals surface area contributed by atoms with Crippen LogP contribution in [-0.2, 0) is 11.2 Å². The molecule has 0 aliphatic carbocycles. The predicted molar refractivity (Wildman–Crippen MR) is 132 cm³/mol. The lowest BCUT2D eigenvalue weighted by Gasteiger charge is -2.38. The van der Waals surface area contributed by atoms with E-state index in [1.54, 1.807) is 31.4 Å². The summed E-state index contributed by atoms with van der Waals surface area (Å²) in [5.74, 6) is -1.88. The summed E-state index contributed by atoms with van der Waals surface area (Å²) in [4.78, 5) is 18.5. The number of aromatic nitrogens is 1. The van der Waals surface area contributed by atoms with E-state index < -0.39 is 28.8 Å². The van der Waals surface area contributed by atoms with E-state index in [9.17, 15) is 23.1 Å². The number of nitrogens with zero attached hydrogens (tertiary/aromatic N) is 2. The van der Waals surface area contributed by atoms with Crippen LogP contribution in [0.1, 0.15) is 36.8 Å². The number of likely N-dealkylation sites (tertiary alicyclic amines) is 1. The number of carbonyl (C=O) groups is 1. The zero-order valence-electron chi connectivity index (χ0n) is 20.1. The minimum Gasteiger partial charge on any atom is -0.497 e. The largest absolute Gasteiger partial charge is 0.497 e. The molecule has 0 amide bonds. The van der Waals surface area contributed by atoms with Crippen LogP contribution in [0.2, 0.25) is 0 Å². The van der Waals surface area contributed by atoms with Gasteiger partial charge in [0, 0.05) is 17.5 Å². The molecule has 2 heterocycles. The molecule has 1 saturated heterocycles. The fourth-order valence-corrected chi connectivity index (χ4v) is 4.91. The number of aliphatic carboxylic acids is 1. The molecule has 190 valence electrons. The van der Waals surface area contributed by atoms with Crippen LogP contribution in [0.4, 0.5) is 13.2 Å². The molecule has 1 N–H and O–H groups in total. The monoisotopic (exact) mass is 498 g/mol. The average Bonchev–Trinajstić information content (AvgIpc) is 2.87. The minimum absolute atomic E-state index is 0.0807. The summed E-state index contributed by atoms with van der Waals surface area (Å²) in [5.41, 5.74) is 0.219. The Balaban J connectivity index is 1.37. The van der Waals surface area contributed by atoms with Gasteiger partial charge >= 0.3 is 5.97 Å². The van der Waals surface area contributed by atoms with Crippen LogP contribution in [-0.4, -0.2) is 47.7 Å². The molecule has 0 radical (unpaired) electrons. The summed E-state index contributed by atoms with van der Waals surface area (Å²) in [6, 6.07) is 9.05. The normalized spacial score (nSPS) is 16.0. The number of hydrogen-bond acceptors (Lipinski definition) is 4. The number of benzene rings is 2. The van der Waals surface area contributed by atoms with Gasteiger partial charge in [-0.2, -0.15) is 0 Å². The van der Waals surface area contributed by atoms with Gasteiger partial charge in [-0.15, -0.1) is 0 Å². The van der Waals surface area contributed by atoms with Crippen LogP contribution < -0.4 is 4.74 Å². The SMILES string of the molecule is COc1ccc2ncc(F)c(CCCC3(C(=O)O)CCN(CC=Cc4c(F)cccc4F)CC3)c2c1. The maximum Gasteiger partial charge on any atom is 0.309 e. The van der Waals surface area contributed by atoms with E-state index in [1.165, 1.54) is 30.5 Å². The highest BCUT2D eigenvalue weighted by Gasteiger charge is 2.40. The standard InChI is InChI=1S/C28H29F3N2O3/c1-36-19-9-10-26-22(17-19)20(25(31)18-32-26)5-3-11-28(27(34)35)12-15-33(16-13-28)14-4-6-21-23(29)7-2-8-24(21)30/h2,4,6-10,17-18H,3,5,11-16H2,1H3,(H,34,35). The van der Waals surface area contributed by atoms with E-state index >= 15 is 0 Å². The topological polar surface area (TPSA) is 62.7 Å². The van der Waals surface area contributed by atoms with Crippen molar-refractivity contribution in [2.24, 2.45) is 5.41 Å². The summed E-state index contributed by atoms with van der Waals surface area (Å²) in [7, 11) is 1.55. The molecule has 4 rings (SSSR count). The van der Waals surface area contributed by atoms with E-state index in [-0.39, 0.29) is 5.56 Å². The van der Waals surface area contributed by atoms with E-state index in [0.717, 1.165) is 0 Å². The Kier molecular flexibility index (Phi) is 7.94. The quantitative estimate of drug-likeness (QED) is 0.400. The third-order valence-corrected chi connectivity index (χ3v) is 7.13. The number of ether oxygens (including phenoxy) is 1. The highest BCUT2D eigenvalue weighted by atomic mass is 19.1. The van der Waals surface area contributed by atoms with Crippen LogP contribution >= 0.6 is 0 Å². The summed E-state index contributed by atoms with van der Waals surface area (Å²) in [6.45, 7) is 1.58. The van der Waals surface area contributed by atoms with Crippen LogP contribution in [0.3, 0.4) is 0 Å². The molecule has 1 aliphatic heterocycles. The van der Waals surface area contributed by atoms with Gasteiger partial charge in [-0.1, -0.05) is 18.2 Å². The average molecular weight is 499 g/mol. The van der Waals surface area contributed by atoms with Crippen molar-refractivity contribution in [2.75, 3.05) is 26.7 Å². The number of methoxy groups -OCH3 is 1.